The minimum atomic E-state index is -0.0830. The highest BCUT2D eigenvalue weighted by atomic mass is 35.5. The molecule has 0 atom stereocenters. The van der Waals surface area contributed by atoms with Gasteiger partial charge in [-0.25, -0.2) is 4.98 Å². The molecule has 2 rings (SSSR count). The number of pyridine rings is 1. The van der Waals surface area contributed by atoms with Crippen molar-refractivity contribution in [2.75, 3.05) is 0 Å². The Morgan fingerprint density at radius 3 is 2.44 bits per heavy atom. The van der Waals surface area contributed by atoms with Gasteiger partial charge in [0, 0.05) is 16.3 Å². The molecule has 0 fully saturated rings. The van der Waals surface area contributed by atoms with E-state index in [-0.39, 0.29) is 5.78 Å². The summed E-state index contributed by atoms with van der Waals surface area (Å²) in [5, 5.41) is 0.619. The van der Waals surface area contributed by atoms with E-state index >= 15 is 0 Å². The first-order valence-corrected chi connectivity index (χ1v) is 5.28. The minimum Gasteiger partial charge on any atom is -0.287 e. The third kappa shape index (κ3) is 2.28. The first-order chi connectivity index (χ1) is 7.66. The Labute approximate surface area is 98.9 Å². The molecule has 0 aliphatic rings. The van der Waals surface area contributed by atoms with Crippen molar-refractivity contribution in [2.45, 2.75) is 6.92 Å². The van der Waals surface area contributed by atoms with E-state index in [0.29, 0.717) is 16.3 Å². The van der Waals surface area contributed by atoms with Gasteiger partial charge in [-0.3, -0.25) is 4.79 Å². The quantitative estimate of drug-likeness (QED) is 0.743. The van der Waals surface area contributed by atoms with Crippen LogP contribution in [-0.2, 0) is 0 Å². The number of halogens is 1. The molecule has 0 radical (unpaired) electrons. The standard InChI is InChI=1S/C13H10ClNO/c1-9-3-2-4-12(15-9)13(16)10-5-7-11(14)8-6-10/h2-8H,1H3. The van der Waals surface area contributed by atoms with Gasteiger partial charge in [-0.05, 0) is 43.3 Å². The largest absolute Gasteiger partial charge is 0.287 e. The highest BCUT2D eigenvalue weighted by Gasteiger charge is 2.09. The Morgan fingerprint density at radius 2 is 1.81 bits per heavy atom. The number of hydrogen-bond acceptors (Lipinski definition) is 2. The zero-order valence-electron chi connectivity index (χ0n) is 8.77. The molecule has 0 N–H and O–H groups in total. The molecular formula is C13H10ClNO. The van der Waals surface area contributed by atoms with Crippen LogP contribution in [0.5, 0.6) is 0 Å². The first kappa shape index (κ1) is 10.8. The lowest BCUT2D eigenvalue weighted by Gasteiger charge is -2.01. The summed E-state index contributed by atoms with van der Waals surface area (Å²) in [7, 11) is 0. The van der Waals surface area contributed by atoms with Crippen LogP contribution in [0.3, 0.4) is 0 Å². The number of ketones is 1. The van der Waals surface area contributed by atoms with Crippen molar-refractivity contribution in [3.63, 3.8) is 0 Å². The van der Waals surface area contributed by atoms with E-state index < -0.39 is 0 Å². The summed E-state index contributed by atoms with van der Waals surface area (Å²) in [6.45, 7) is 1.86. The Bertz CT molecular complexity index is 520. The third-order valence-electron chi connectivity index (χ3n) is 2.23. The number of benzene rings is 1. The van der Waals surface area contributed by atoms with Crippen LogP contribution in [0.4, 0.5) is 0 Å². The molecule has 1 heterocycles. The summed E-state index contributed by atoms with van der Waals surface area (Å²) in [6, 6.07) is 12.2. The summed E-state index contributed by atoms with van der Waals surface area (Å²) in [4.78, 5) is 16.2. The molecule has 0 aliphatic carbocycles. The van der Waals surface area contributed by atoms with E-state index in [9.17, 15) is 4.79 Å². The van der Waals surface area contributed by atoms with Gasteiger partial charge in [-0.1, -0.05) is 17.7 Å². The van der Waals surface area contributed by atoms with Crippen molar-refractivity contribution in [2.24, 2.45) is 0 Å². The number of carbonyl (C=O) groups is 1. The maximum absolute atomic E-state index is 12.0. The number of rotatable bonds is 2. The Kier molecular flexibility index (Phi) is 3.02. The fourth-order valence-corrected chi connectivity index (χ4v) is 1.54. The van der Waals surface area contributed by atoms with E-state index in [1.165, 1.54) is 0 Å². The Morgan fingerprint density at radius 1 is 1.12 bits per heavy atom. The van der Waals surface area contributed by atoms with Gasteiger partial charge in [0.05, 0.1) is 0 Å². The third-order valence-corrected chi connectivity index (χ3v) is 2.48. The van der Waals surface area contributed by atoms with Gasteiger partial charge in [-0.2, -0.15) is 0 Å². The molecule has 2 aromatic rings. The fourth-order valence-electron chi connectivity index (χ4n) is 1.42. The number of nitrogens with zero attached hydrogens (tertiary/aromatic N) is 1. The first-order valence-electron chi connectivity index (χ1n) is 4.91. The molecule has 3 heteroatoms. The maximum Gasteiger partial charge on any atom is 0.211 e. The van der Waals surface area contributed by atoms with Crippen molar-refractivity contribution < 1.29 is 4.79 Å². The van der Waals surface area contributed by atoms with E-state index in [2.05, 4.69) is 4.98 Å². The van der Waals surface area contributed by atoms with Gasteiger partial charge in [-0.15, -0.1) is 0 Å². The van der Waals surface area contributed by atoms with Crippen LogP contribution in [0.1, 0.15) is 21.7 Å². The highest BCUT2D eigenvalue weighted by molar-refractivity contribution is 6.30. The van der Waals surface area contributed by atoms with Gasteiger partial charge in [0.25, 0.3) is 0 Å². The second-order valence-corrected chi connectivity index (χ2v) is 3.94. The zero-order valence-corrected chi connectivity index (χ0v) is 9.53. The lowest BCUT2D eigenvalue weighted by atomic mass is 10.1. The molecule has 0 saturated carbocycles. The van der Waals surface area contributed by atoms with Crippen LogP contribution in [0.25, 0.3) is 0 Å². The highest BCUT2D eigenvalue weighted by Crippen LogP contribution is 2.12. The van der Waals surface area contributed by atoms with Crippen molar-refractivity contribution in [3.8, 4) is 0 Å². The predicted octanol–water partition coefficient (Wildman–Crippen LogP) is 3.27. The Hall–Kier alpha value is -1.67. The second-order valence-electron chi connectivity index (χ2n) is 3.50. The molecule has 2 nitrogen and oxygen atoms in total. The normalized spacial score (nSPS) is 10.1. The number of hydrogen-bond donors (Lipinski definition) is 0. The smallest absolute Gasteiger partial charge is 0.211 e. The molecule has 80 valence electrons. The molecule has 0 spiro atoms. The molecule has 0 aliphatic heterocycles. The molecule has 1 aromatic carbocycles. The zero-order chi connectivity index (χ0) is 11.5. The van der Waals surface area contributed by atoms with E-state index in [0.717, 1.165) is 5.69 Å². The van der Waals surface area contributed by atoms with Gasteiger partial charge in [0.15, 0.2) is 0 Å². The summed E-state index contributed by atoms with van der Waals surface area (Å²) in [5.41, 5.74) is 1.89. The van der Waals surface area contributed by atoms with Crippen LogP contribution in [-0.4, -0.2) is 10.8 Å². The summed E-state index contributed by atoms with van der Waals surface area (Å²) >= 11 is 5.76. The molecule has 16 heavy (non-hydrogen) atoms. The van der Waals surface area contributed by atoms with Gasteiger partial charge in [0.1, 0.15) is 5.69 Å². The van der Waals surface area contributed by atoms with Crippen LogP contribution >= 0.6 is 11.6 Å². The summed E-state index contributed by atoms with van der Waals surface area (Å²) in [5.74, 6) is -0.0830. The maximum atomic E-state index is 12.0. The van der Waals surface area contributed by atoms with E-state index in [1.54, 1.807) is 30.3 Å². The average Bonchev–Trinajstić information content (AvgIpc) is 2.29. The summed E-state index contributed by atoms with van der Waals surface area (Å²) < 4.78 is 0. The second kappa shape index (κ2) is 4.45. The molecule has 1 aromatic heterocycles. The van der Waals surface area contributed by atoms with Crippen LogP contribution < -0.4 is 0 Å². The molecule has 0 saturated heterocycles. The predicted molar refractivity (Wildman–Crippen MR) is 63.9 cm³/mol. The van der Waals surface area contributed by atoms with Gasteiger partial charge >= 0.3 is 0 Å². The number of carbonyl (C=O) groups excluding carboxylic acids is 1. The van der Waals surface area contributed by atoms with E-state index in [4.69, 9.17) is 11.6 Å². The van der Waals surface area contributed by atoms with Crippen molar-refractivity contribution in [1.82, 2.24) is 4.98 Å². The number of aromatic nitrogens is 1. The van der Waals surface area contributed by atoms with Crippen LogP contribution in [0, 0.1) is 6.92 Å². The summed E-state index contributed by atoms with van der Waals surface area (Å²) in [6.07, 6.45) is 0. The fraction of sp³-hybridized carbons (Fsp3) is 0.0769. The van der Waals surface area contributed by atoms with E-state index in [1.807, 2.05) is 19.1 Å². The SMILES string of the molecule is Cc1cccc(C(=O)c2ccc(Cl)cc2)n1. The Balaban J connectivity index is 2.35. The van der Waals surface area contributed by atoms with Crippen molar-refractivity contribution in [1.29, 1.82) is 0 Å². The lowest BCUT2D eigenvalue weighted by Crippen LogP contribution is -2.04. The lowest BCUT2D eigenvalue weighted by molar-refractivity contribution is 0.103. The van der Waals surface area contributed by atoms with Gasteiger partial charge in [0.2, 0.25) is 5.78 Å². The van der Waals surface area contributed by atoms with Crippen molar-refractivity contribution >= 4 is 17.4 Å². The van der Waals surface area contributed by atoms with Crippen molar-refractivity contribution in [3.05, 3.63) is 64.4 Å². The number of aryl methyl sites for hydroxylation is 1. The van der Waals surface area contributed by atoms with Crippen LogP contribution in [0.15, 0.2) is 42.5 Å². The average molecular weight is 232 g/mol. The van der Waals surface area contributed by atoms with Gasteiger partial charge < -0.3 is 0 Å². The van der Waals surface area contributed by atoms with Crippen LogP contribution in [0.2, 0.25) is 5.02 Å². The minimum absolute atomic E-state index is 0.0830. The molecule has 0 amide bonds. The monoisotopic (exact) mass is 231 g/mol. The molecule has 0 bridgehead atoms. The topological polar surface area (TPSA) is 30.0 Å². The molecular weight excluding hydrogens is 222 g/mol. The molecule has 0 unspecified atom stereocenters.